The van der Waals surface area contributed by atoms with Crippen LogP contribution in [0.15, 0.2) is 30.3 Å². The fourth-order valence-electron chi connectivity index (χ4n) is 2.81. The molecule has 0 spiro atoms. The molecule has 182 valence electrons. The maximum Gasteiger partial charge on any atom is 0.328 e. The predicted molar refractivity (Wildman–Crippen MR) is 116 cm³/mol. The maximum atomic E-state index is 13.0. The van der Waals surface area contributed by atoms with Crippen LogP contribution < -0.4 is 21.7 Å². The zero-order valence-corrected chi connectivity index (χ0v) is 18.4. The Morgan fingerprint density at radius 1 is 0.879 bits per heavy atom. The number of nitrogens with one attached hydrogen (secondary N) is 3. The molecular weight excluding hydrogens is 436 g/mol. The zero-order chi connectivity index (χ0) is 25.1. The van der Waals surface area contributed by atoms with Gasteiger partial charge in [-0.05, 0) is 25.8 Å². The molecule has 1 rings (SSSR count). The number of amides is 3. The third kappa shape index (κ3) is 9.66. The van der Waals surface area contributed by atoms with Crippen LogP contribution in [0.2, 0.25) is 0 Å². The van der Waals surface area contributed by atoms with E-state index in [1.54, 1.807) is 30.3 Å². The van der Waals surface area contributed by atoms with Crippen molar-refractivity contribution in [2.75, 3.05) is 0 Å². The Morgan fingerprint density at radius 3 is 1.91 bits per heavy atom. The molecule has 0 aliphatic rings. The Hall–Kier alpha value is -3.51. The molecule has 3 amide bonds. The molecule has 5 atom stereocenters. The molecule has 0 radical (unpaired) electrons. The van der Waals surface area contributed by atoms with Crippen molar-refractivity contribution in [3.63, 3.8) is 0 Å². The summed E-state index contributed by atoms with van der Waals surface area (Å²) in [6, 6.07) is 3.56. The molecule has 0 aromatic heterocycles. The summed E-state index contributed by atoms with van der Waals surface area (Å²) in [7, 11) is 0. The maximum absolute atomic E-state index is 13.0. The number of carbonyl (C=O) groups excluding carboxylic acids is 3. The summed E-state index contributed by atoms with van der Waals surface area (Å²) in [5.41, 5.74) is 6.27. The highest BCUT2D eigenvalue weighted by atomic mass is 16.4. The highest BCUT2D eigenvalue weighted by Crippen LogP contribution is 2.07. The van der Waals surface area contributed by atoms with Gasteiger partial charge in [0.05, 0.1) is 12.1 Å². The lowest BCUT2D eigenvalue weighted by molar-refractivity contribution is -0.145. The van der Waals surface area contributed by atoms with E-state index >= 15 is 0 Å². The van der Waals surface area contributed by atoms with Gasteiger partial charge in [-0.1, -0.05) is 30.3 Å². The Kier molecular flexibility index (Phi) is 11.0. The lowest BCUT2D eigenvalue weighted by Gasteiger charge is -2.25. The summed E-state index contributed by atoms with van der Waals surface area (Å²) in [5, 5.41) is 34.7. The van der Waals surface area contributed by atoms with Gasteiger partial charge in [-0.15, -0.1) is 0 Å². The van der Waals surface area contributed by atoms with Gasteiger partial charge in [0.2, 0.25) is 17.7 Å². The summed E-state index contributed by atoms with van der Waals surface area (Å²) in [6.45, 7) is 2.58. The van der Waals surface area contributed by atoms with Crippen LogP contribution in [0.1, 0.15) is 32.3 Å². The third-order valence-electron chi connectivity index (χ3n) is 4.66. The van der Waals surface area contributed by atoms with Crippen LogP contribution in [-0.4, -0.2) is 75.3 Å². The summed E-state index contributed by atoms with van der Waals surface area (Å²) in [6.07, 6.45) is -2.24. The van der Waals surface area contributed by atoms with Gasteiger partial charge in [-0.25, -0.2) is 4.79 Å². The molecule has 5 unspecified atom stereocenters. The first kappa shape index (κ1) is 27.5. The molecule has 12 nitrogen and oxygen atoms in total. The van der Waals surface area contributed by atoms with Crippen LogP contribution in [0.4, 0.5) is 0 Å². The molecule has 1 aromatic rings. The number of rotatable bonds is 13. The molecule has 12 heteroatoms. The Balaban J connectivity index is 3.08. The van der Waals surface area contributed by atoms with E-state index in [9.17, 15) is 29.1 Å². The Morgan fingerprint density at radius 2 is 1.42 bits per heavy atom. The number of benzene rings is 1. The third-order valence-corrected chi connectivity index (χ3v) is 4.66. The van der Waals surface area contributed by atoms with Gasteiger partial charge in [0.1, 0.15) is 12.1 Å². The minimum Gasteiger partial charge on any atom is -0.481 e. The van der Waals surface area contributed by atoms with Crippen molar-refractivity contribution in [1.82, 2.24) is 16.0 Å². The molecule has 0 heterocycles. The van der Waals surface area contributed by atoms with E-state index in [1.165, 1.54) is 6.92 Å². The van der Waals surface area contributed by atoms with E-state index in [1.807, 2.05) is 0 Å². The van der Waals surface area contributed by atoms with Gasteiger partial charge in [0, 0.05) is 12.8 Å². The van der Waals surface area contributed by atoms with E-state index < -0.39 is 66.4 Å². The molecule has 1 aromatic carbocycles. The predicted octanol–water partition coefficient (Wildman–Crippen LogP) is -1.64. The first-order chi connectivity index (χ1) is 15.4. The first-order valence-corrected chi connectivity index (χ1v) is 10.3. The van der Waals surface area contributed by atoms with Crippen molar-refractivity contribution in [2.24, 2.45) is 5.73 Å². The summed E-state index contributed by atoms with van der Waals surface area (Å²) in [5.74, 6) is -5.14. The van der Waals surface area contributed by atoms with Crippen LogP contribution in [0.3, 0.4) is 0 Å². The van der Waals surface area contributed by atoms with Crippen LogP contribution in [0.25, 0.3) is 0 Å². The van der Waals surface area contributed by atoms with Crippen LogP contribution in [0.5, 0.6) is 0 Å². The van der Waals surface area contributed by atoms with Gasteiger partial charge in [-0.2, -0.15) is 0 Å². The van der Waals surface area contributed by atoms with Gasteiger partial charge in [0.25, 0.3) is 0 Å². The van der Waals surface area contributed by atoms with Crippen LogP contribution in [-0.2, 0) is 30.4 Å². The second-order valence-corrected chi connectivity index (χ2v) is 7.60. The quantitative estimate of drug-likeness (QED) is 0.178. The van der Waals surface area contributed by atoms with Gasteiger partial charge < -0.3 is 37.0 Å². The number of hydrogen-bond acceptors (Lipinski definition) is 7. The van der Waals surface area contributed by atoms with Crippen molar-refractivity contribution in [2.45, 2.75) is 63.4 Å². The van der Waals surface area contributed by atoms with Gasteiger partial charge in [0.15, 0.2) is 6.04 Å². The van der Waals surface area contributed by atoms with Crippen LogP contribution >= 0.6 is 0 Å². The zero-order valence-electron chi connectivity index (χ0n) is 18.4. The summed E-state index contributed by atoms with van der Waals surface area (Å²) < 4.78 is 0. The average Bonchev–Trinajstić information content (AvgIpc) is 2.73. The smallest absolute Gasteiger partial charge is 0.328 e. The molecule has 0 aliphatic heterocycles. The van der Waals surface area contributed by atoms with Crippen molar-refractivity contribution in [1.29, 1.82) is 0 Å². The van der Waals surface area contributed by atoms with Crippen molar-refractivity contribution >= 4 is 29.7 Å². The molecule has 0 bridgehead atoms. The van der Waals surface area contributed by atoms with E-state index in [0.29, 0.717) is 5.56 Å². The molecule has 8 N–H and O–H groups in total. The fraction of sp³-hybridized carbons (Fsp3) is 0.476. The van der Waals surface area contributed by atoms with Crippen molar-refractivity contribution in [3.8, 4) is 0 Å². The van der Waals surface area contributed by atoms with E-state index in [0.717, 1.165) is 6.92 Å². The first-order valence-electron chi connectivity index (χ1n) is 10.3. The summed E-state index contributed by atoms with van der Waals surface area (Å²) in [4.78, 5) is 60.0. The van der Waals surface area contributed by atoms with E-state index in [2.05, 4.69) is 16.0 Å². The largest absolute Gasteiger partial charge is 0.481 e. The lowest BCUT2D eigenvalue weighted by atomic mass is 10.0. The Bertz CT molecular complexity index is 844. The number of carboxylic acids is 2. The number of aliphatic hydroxyl groups excluding tert-OH is 1. The number of nitrogens with two attached hydrogens (primary N) is 1. The molecule has 0 aliphatic carbocycles. The fourth-order valence-corrected chi connectivity index (χ4v) is 2.81. The molecule has 0 saturated heterocycles. The van der Waals surface area contributed by atoms with E-state index in [4.69, 9.17) is 15.9 Å². The summed E-state index contributed by atoms with van der Waals surface area (Å²) >= 11 is 0. The minimum atomic E-state index is -1.67. The molecule has 33 heavy (non-hydrogen) atoms. The Labute approximate surface area is 190 Å². The number of aliphatic carboxylic acids is 2. The molecule has 0 fully saturated rings. The van der Waals surface area contributed by atoms with Crippen molar-refractivity contribution < 1.29 is 39.3 Å². The van der Waals surface area contributed by atoms with Gasteiger partial charge >= 0.3 is 11.9 Å². The lowest BCUT2D eigenvalue weighted by Crippen LogP contribution is -2.58. The highest BCUT2D eigenvalue weighted by molar-refractivity contribution is 5.94. The second-order valence-electron chi connectivity index (χ2n) is 7.60. The number of carboxylic acid groups (broad SMARTS) is 2. The SMILES string of the molecule is CC(N)C(=O)NC(Cc1ccccc1)C(=O)NC(CCC(=O)O)C(=O)NC(C(=O)O)C(C)O. The van der Waals surface area contributed by atoms with E-state index in [-0.39, 0.29) is 12.8 Å². The monoisotopic (exact) mass is 466 g/mol. The van der Waals surface area contributed by atoms with Crippen LogP contribution in [0, 0.1) is 0 Å². The molecule has 0 saturated carbocycles. The molecular formula is C21H30N4O8. The minimum absolute atomic E-state index is 0.0594. The average molecular weight is 466 g/mol. The van der Waals surface area contributed by atoms with Gasteiger partial charge in [-0.3, -0.25) is 19.2 Å². The second kappa shape index (κ2) is 13.1. The highest BCUT2D eigenvalue weighted by Gasteiger charge is 2.32. The number of hydrogen-bond donors (Lipinski definition) is 7. The topological polar surface area (TPSA) is 208 Å². The normalized spacial score (nSPS) is 15.3. The standard InChI is InChI=1S/C21H30N4O8/c1-11(22)18(29)24-15(10-13-6-4-3-5-7-13)20(31)23-14(8-9-16(27)28)19(30)25-17(12(2)26)21(32)33/h3-7,11-12,14-15,17,26H,8-10,22H2,1-2H3,(H,23,31)(H,24,29)(H,25,30)(H,27,28)(H,32,33). The number of carbonyl (C=O) groups is 5. The van der Waals surface area contributed by atoms with Crippen molar-refractivity contribution in [3.05, 3.63) is 35.9 Å². The number of aliphatic hydroxyl groups is 1.